The Balaban J connectivity index is 1.98. The molecule has 0 bridgehead atoms. The third-order valence-corrected chi connectivity index (χ3v) is 4.12. The molecule has 116 valence electrons. The van der Waals surface area contributed by atoms with Crippen LogP contribution in [0.5, 0.6) is 0 Å². The van der Waals surface area contributed by atoms with E-state index in [0.29, 0.717) is 5.92 Å². The molecule has 1 aliphatic heterocycles. The lowest BCUT2D eigenvalue weighted by atomic mass is 9.93. The van der Waals surface area contributed by atoms with Gasteiger partial charge in [-0.2, -0.15) is 0 Å². The lowest BCUT2D eigenvalue weighted by molar-refractivity contribution is 0.0656. The zero-order chi connectivity index (χ0) is 15.2. The van der Waals surface area contributed by atoms with Crippen LogP contribution in [0.2, 0.25) is 0 Å². The molecule has 0 N–H and O–H groups in total. The van der Waals surface area contributed by atoms with Gasteiger partial charge in [0, 0.05) is 26.8 Å². The maximum Gasteiger partial charge on any atom is 0.256 e. The van der Waals surface area contributed by atoms with E-state index in [1.54, 1.807) is 24.1 Å². The van der Waals surface area contributed by atoms with Crippen LogP contribution >= 0.6 is 0 Å². The van der Waals surface area contributed by atoms with Gasteiger partial charge < -0.3 is 9.64 Å². The Bertz CT molecular complexity index is 490. The Morgan fingerprint density at radius 1 is 1.48 bits per heavy atom. The number of hydrogen-bond donors (Lipinski definition) is 0. The molecule has 1 heterocycles. The van der Waals surface area contributed by atoms with E-state index in [2.05, 4.69) is 0 Å². The number of methoxy groups -OCH3 is 1. The molecule has 1 aliphatic rings. The summed E-state index contributed by atoms with van der Waals surface area (Å²) >= 11 is 0. The van der Waals surface area contributed by atoms with Crippen molar-refractivity contribution < 1.29 is 13.9 Å². The number of rotatable bonds is 5. The minimum absolute atomic E-state index is 0.177. The van der Waals surface area contributed by atoms with Crippen LogP contribution in [0, 0.1) is 18.7 Å². The van der Waals surface area contributed by atoms with E-state index in [4.69, 9.17) is 4.74 Å². The SMILES string of the molecule is COCCCC1CCCN(C(=O)c2ccc(C)cc2F)C1. The van der Waals surface area contributed by atoms with Gasteiger partial charge in [-0.25, -0.2) is 4.39 Å². The average molecular weight is 293 g/mol. The smallest absolute Gasteiger partial charge is 0.256 e. The quantitative estimate of drug-likeness (QED) is 0.779. The molecule has 1 atom stereocenters. The number of nitrogens with zero attached hydrogens (tertiary/aromatic N) is 1. The zero-order valence-corrected chi connectivity index (χ0v) is 12.9. The van der Waals surface area contributed by atoms with Crippen molar-refractivity contribution in [3.63, 3.8) is 0 Å². The number of carbonyl (C=O) groups is 1. The maximum atomic E-state index is 13.9. The van der Waals surface area contributed by atoms with Crippen LogP contribution in [0.25, 0.3) is 0 Å². The Kier molecular flexibility index (Phi) is 5.74. The van der Waals surface area contributed by atoms with E-state index in [1.165, 1.54) is 6.07 Å². The van der Waals surface area contributed by atoms with Crippen LogP contribution in [0.15, 0.2) is 18.2 Å². The summed E-state index contributed by atoms with van der Waals surface area (Å²) in [6.45, 7) is 4.05. The molecular formula is C17H24FNO2. The van der Waals surface area contributed by atoms with Crippen LogP contribution in [-0.4, -0.2) is 37.6 Å². The van der Waals surface area contributed by atoms with E-state index >= 15 is 0 Å². The number of hydrogen-bond acceptors (Lipinski definition) is 2. The summed E-state index contributed by atoms with van der Waals surface area (Å²) < 4.78 is 19.0. The molecule has 1 fully saturated rings. The molecular weight excluding hydrogens is 269 g/mol. The molecule has 0 aromatic heterocycles. The van der Waals surface area contributed by atoms with Crippen molar-refractivity contribution in [1.82, 2.24) is 4.90 Å². The van der Waals surface area contributed by atoms with Crippen LogP contribution in [0.1, 0.15) is 41.6 Å². The van der Waals surface area contributed by atoms with Crippen molar-refractivity contribution in [3.05, 3.63) is 35.1 Å². The van der Waals surface area contributed by atoms with Crippen molar-refractivity contribution in [1.29, 1.82) is 0 Å². The van der Waals surface area contributed by atoms with E-state index in [-0.39, 0.29) is 11.5 Å². The fraction of sp³-hybridized carbons (Fsp3) is 0.588. The zero-order valence-electron chi connectivity index (χ0n) is 12.9. The number of likely N-dealkylation sites (tertiary alicyclic amines) is 1. The number of carbonyl (C=O) groups excluding carboxylic acids is 1. The molecule has 1 amide bonds. The molecule has 1 aromatic rings. The topological polar surface area (TPSA) is 29.5 Å². The molecule has 1 aromatic carbocycles. The molecule has 0 spiro atoms. The predicted octanol–water partition coefficient (Wildman–Crippen LogP) is 3.41. The number of aryl methyl sites for hydroxylation is 1. The number of ether oxygens (including phenoxy) is 1. The first kappa shape index (κ1) is 16.0. The third-order valence-electron chi connectivity index (χ3n) is 4.12. The van der Waals surface area contributed by atoms with E-state index in [9.17, 15) is 9.18 Å². The second-order valence-electron chi connectivity index (χ2n) is 5.88. The highest BCUT2D eigenvalue weighted by Crippen LogP contribution is 2.23. The summed E-state index contributed by atoms with van der Waals surface area (Å²) in [5.41, 5.74) is 1.03. The summed E-state index contributed by atoms with van der Waals surface area (Å²) in [6, 6.07) is 4.81. The first-order chi connectivity index (χ1) is 10.1. The monoisotopic (exact) mass is 293 g/mol. The lowest BCUT2D eigenvalue weighted by Crippen LogP contribution is -2.40. The maximum absolute atomic E-state index is 13.9. The van der Waals surface area contributed by atoms with Crippen molar-refractivity contribution in [2.45, 2.75) is 32.6 Å². The molecule has 1 saturated heterocycles. The summed E-state index contributed by atoms with van der Waals surface area (Å²) in [7, 11) is 1.71. The Hall–Kier alpha value is -1.42. The van der Waals surface area contributed by atoms with Crippen LogP contribution in [0.3, 0.4) is 0 Å². The first-order valence-electron chi connectivity index (χ1n) is 7.66. The summed E-state index contributed by atoms with van der Waals surface area (Å²) in [4.78, 5) is 14.3. The van der Waals surface area contributed by atoms with Crippen molar-refractivity contribution in [3.8, 4) is 0 Å². The summed E-state index contributed by atoms with van der Waals surface area (Å²) in [5, 5.41) is 0. The van der Waals surface area contributed by atoms with Gasteiger partial charge in [-0.1, -0.05) is 6.07 Å². The second-order valence-corrected chi connectivity index (χ2v) is 5.88. The second kappa shape index (κ2) is 7.55. The molecule has 0 aliphatic carbocycles. The minimum atomic E-state index is -0.415. The van der Waals surface area contributed by atoms with E-state index in [1.807, 2.05) is 6.92 Å². The highest BCUT2D eigenvalue weighted by Gasteiger charge is 2.25. The molecule has 1 unspecified atom stereocenters. The van der Waals surface area contributed by atoms with Crippen molar-refractivity contribution in [2.75, 3.05) is 26.8 Å². The Morgan fingerprint density at radius 3 is 3.00 bits per heavy atom. The van der Waals surface area contributed by atoms with Gasteiger partial charge in [0.05, 0.1) is 5.56 Å². The summed E-state index contributed by atoms with van der Waals surface area (Å²) in [6.07, 6.45) is 4.22. The van der Waals surface area contributed by atoms with Gasteiger partial charge in [-0.3, -0.25) is 4.79 Å². The van der Waals surface area contributed by atoms with Crippen molar-refractivity contribution in [2.24, 2.45) is 5.92 Å². The van der Waals surface area contributed by atoms with Crippen LogP contribution in [0.4, 0.5) is 4.39 Å². The van der Waals surface area contributed by atoms with Gasteiger partial charge in [0.1, 0.15) is 5.82 Å². The van der Waals surface area contributed by atoms with Crippen LogP contribution in [-0.2, 0) is 4.74 Å². The Labute approximate surface area is 126 Å². The molecule has 21 heavy (non-hydrogen) atoms. The van der Waals surface area contributed by atoms with Gasteiger partial charge >= 0.3 is 0 Å². The minimum Gasteiger partial charge on any atom is -0.385 e. The first-order valence-corrected chi connectivity index (χ1v) is 7.66. The molecule has 0 saturated carbocycles. The highest BCUT2D eigenvalue weighted by atomic mass is 19.1. The third kappa shape index (κ3) is 4.27. The largest absolute Gasteiger partial charge is 0.385 e. The molecule has 3 nitrogen and oxygen atoms in total. The van der Waals surface area contributed by atoms with E-state index in [0.717, 1.165) is 50.9 Å². The normalized spacial score (nSPS) is 18.8. The van der Waals surface area contributed by atoms with Gasteiger partial charge in [0.15, 0.2) is 0 Å². The Morgan fingerprint density at radius 2 is 2.29 bits per heavy atom. The highest BCUT2D eigenvalue weighted by molar-refractivity contribution is 5.94. The molecule has 4 heteroatoms. The number of halogens is 1. The molecule has 0 radical (unpaired) electrons. The fourth-order valence-electron chi connectivity index (χ4n) is 2.97. The number of amides is 1. The average Bonchev–Trinajstić information content (AvgIpc) is 2.47. The predicted molar refractivity (Wildman–Crippen MR) is 80.9 cm³/mol. The van der Waals surface area contributed by atoms with Gasteiger partial charge in [0.2, 0.25) is 0 Å². The summed E-state index contributed by atoms with van der Waals surface area (Å²) in [5.74, 6) is -0.0863. The number of benzene rings is 1. The van der Waals surface area contributed by atoms with Gasteiger partial charge in [0.25, 0.3) is 5.91 Å². The van der Waals surface area contributed by atoms with Gasteiger partial charge in [-0.15, -0.1) is 0 Å². The van der Waals surface area contributed by atoms with Crippen molar-refractivity contribution >= 4 is 5.91 Å². The van der Waals surface area contributed by atoms with Crippen LogP contribution < -0.4 is 0 Å². The fourth-order valence-corrected chi connectivity index (χ4v) is 2.97. The molecule has 2 rings (SSSR count). The van der Waals surface area contributed by atoms with E-state index < -0.39 is 5.82 Å². The standard InChI is InChI=1S/C17H24FNO2/c1-13-7-8-15(16(18)11-13)17(20)19-9-3-5-14(12-19)6-4-10-21-2/h7-8,11,14H,3-6,9-10,12H2,1-2H3. The number of piperidine rings is 1. The lowest BCUT2D eigenvalue weighted by Gasteiger charge is -2.33. The van der Waals surface area contributed by atoms with Gasteiger partial charge in [-0.05, 0) is 56.2 Å².